The molecule has 0 amide bonds. The molecule has 0 spiro atoms. The summed E-state index contributed by atoms with van der Waals surface area (Å²) in [4.78, 5) is 7.25. The zero-order chi connectivity index (χ0) is 21.6. The van der Waals surface area contributed by atoms with Crippen molar-refractivity contribution in [3.63, 3.8) is 0 Å². The van der Waals surface area contributed by atoms with Gasteiger partial charge in [0, 0.05) is 39.3 Å². The largest absolute Gasteiger partial charge is 0.490 e. The highest BCUT2D eigenvalue weighted by Crippen LogP contribution is 2.28. The number of rotatable bonds is 12. The van der Waals surface area contributed by atoms with E-state index in [-0.39, 0.29) is 0 Å². The quantitative estimate of drug-likeness (QED) is 0.400. The van der Waals surface area contributed by atoms with Crippen LogP contribution in [0.1, 0.15) is 33.3 Å². The summed E-state index contributed by atoms with van der Waals surface area (Å²) in [7, 11) is 0. The number of benzene rings is 1. The summed E-state index contributed by atoms with van der Waals surface area (Å²) in [5, 5.41) is 6.80. The first-order valence-corrected chi connectivity index (χ1v) is 11.4. The molecule has 1 aromatic rings. The van der Waals surface area contributed by atoms with E-state index in [1.54, 1.807) is 0 Å². The van der Waals surface area contributed by atoms with Gasteiger partial charge in [-0.05, 0) is 50.8 Å². The van der Waals surface area contributed by atoms with Crippen LogP contribution >= 0.6 is 0 Å². The average Bonchev–Trinajstić information content (AvgIpc) is 2.75. The Hall–Kier alpha value is -1.99. The smallest absolute Gasteiger partial charge is 0.191 e. The van der Waals surface area contributed by atoms with Crippen molar-refractivity contribution in [3.05, 3.63) is 23.8 Å². The van der Waals surface area contributed by atoms with E-state index in [1.165, 1.54) is 5.56 Å². The van der Waals surface area contributed by atoms with Crippen LogP contribution in [0.4, 0.5) is 0 Å². The fourth-order valence-corrected chi connectivity index (χ4v) is 3.45. The van der Waals surface area contributed by atoms with Gasteiger partial charge < -0.3 is 24.8 Å². The van der Waals surface area contributed by atoms with Crippen LogP contribution in [-0.2, 0) is 11.2 Å². The molecule has 1 aromatic carbocycles. The van der Waals surface area contributed by atoms with Gasteiger partial charge in [-0.15, -0.1) is 0 Å². The van der Waals surface area contributed by atoms with Crippen LogP contribution in [0.15, 0.2) is 23.2 Å². The van der Waals surface area contributed by atoms with Gasteiger partial charge in [0.05, 0.1) is 26.4 Å². The van der Waals surface area contributed by atoms with Crippen LogP contribution in [0.2, 0.25) is 0 Å². The summed E-state index contributed by atoms with van der Waals surface area (Å²) < 4.78 is 16.8. The normalized spacial score (nSPS) is 16.2. The second-order valence-corrected chi connectivity index (χ2v) is 7.56. The van der Waals surface area contributed by atoms with Gasteiger partial charge in [-0.25, -0.2) is 0 Å². The molecule has 30 heavy (non-hydrogen) atoms. The number of morpholine rings is 1. The maximum atomic E-state index is 5.73. The number of nitrogens with zero attached hydrogens (tertiary/aromatic N) is 2. The Balaban J connectivity index is 1.83. The van der Waals surface area contributed by atoms with Gasteiger partial charge in [-0.2, -0.15) is 0 Å². The maximum absolute atomic E-state index is 5.73. The van der Waals surface area contributed by atoms with Gasteiger partial charge in [-0.3, -0.25) is 9.89 Å². The second kappa shape index (κ2) is 14.1. The molecule has 1 saturated heterocycles. The first-order valence-electron chi connectivity index (χ1n) is 11.4. The predicted molar refractivity (Wildman–Crippen MR) is 123 cm³/mol. The first-order chi connectivity index (χ1) is 14.7. The molecule has 2 N–H and O–H groups in total. The minimum Gasteiger partial charge on any atom is -0.490 e. The first kappa shape index (κ1) is 24.3. The number of aliphatic imine (C=N–C) groups is 1. The van der Waals surface area contributed by atoms with Crippen molar-refractivity contribution >= 4 is 5.96 Å². The third kappa shape index (κ3) is 8.79. The lowest BCUT2D eigenvalue weighted by Crippen LogP contribution is -2.40. The Kier molecular flexibility index (Phi) is 11.4. The molecule has 0 saturated carbocycles. The topological polar surface area (TPSA) is 67.4 Å². The molecule has 7 nitrogen and oxygen atoms in total. The van der Waals surface area contributed by atoms with Crippen molar-refractivity contribution < 1.29 is 14.2 Å². The molecule has 0 aromatic heterocycles. The molecule has 7 heteroatoms. The van der Waals surface area contributed by atoms with E-state index in [0.717, 1.165) is 76.4 Å². The third-order valence-corrected chi connectivity index (χ3v) is 4.89. The number of nitrogens with one attached hydrogen (secondary N) is 2. The van der Waals surface area contributed by atoms with E-state index in [9.17, 15) is 0 Å². The van der Waals surface area contributed by atoms with Crippen molar-refractivity contribution in [3.8, 4) is 11.5 Å². The Morgan fingerprint density at radius 1 is 1.10 bits per heavy atom. The molecule has 0 radical (unpaired) electrons. The Morgan fingerprint density at radius 2 is 1.83 bits per heavy atom. The molecule has 1 aliphatic heterocycles. The molecule has 1 aliphatic rings. The fraction of sp³-hybridized carbons (Fsp3) is 0.696. The molecule has 170 valence electrons. The molecule has 2 rings (SSSR count). The molecule has 1 heterocycles. The molecule has 1 atom stereocenters. The third-order valence-electron chi connectivity index (χ3n) is 4.89. The van der Waals surface area contributed by atoms with Gasteiger partial charge in [0.1, 0.15) is 0 Å². The Morgan fingerprint density at radius 3 is 2.53 bits per heavy atom. The standard InChI is InChI=1S/C23H40N4O3/c1-5-24-23(26-17-19(4)18-27-12-14-28-15-13-27)25-11-10-20-8-9-21(29-6-2)22(16-20)30-7-3/h8-9,16,19H,5-7,10-15,17-18H2,1-4H3,(H2,24,25,26). The lowest BCUT2D eigenvalue weighted by Gasteiger charge is -2.28. The molecule has 1 fully saturated rings. The van der Waals surface area contributed by atoms with E-state index in [0.29, 0.717) is 19.1 Å². The zero-order valence-electron chi connectivity index (χ0n) is 19.2. The zero-order valence-corrected chi connectivity index (χ0v) is 19.2. The number of ether oxygens (including phenoxy) is 3. The van der Waals surface area contributed by atoms with Gasteiger partial charge in [0.2, 0.25) is 0 Å². The molecule has 0 aliphatic carbocycles. The van der Waals surface area contributed by atoms with Crippen LogP contribution in [0.3, 0.4) is 0 Å². The van der Waals surface area contributed by atoms with E-state index < -0.39 is 0 Å². The summed E-state index contributed by atoms with van der Waals surface area (Å²) in [5.41, 5.74) is 1.21. The highest BCUT2D eigenvalue weighted by atomic mass is 16.5. The van der Waals surface area contributed by atoms with Gasteiger partial charge in [0.15, 0.2) is 17.5 Å². The van der Waals surface area contributed by atoms with Crippen LogP contribution in [0.5, 0.6) is 11.5 Å². The SMILES string of the molecule is CCNC(=NCC(C)CN1CCOCC1)NCCc1ccc(OCC)c(OCC)c1. The van der Waals surface area contributed by atoms with E-state index in [2.05, 4.69) is 41.5 Å². The number of guanidine groups is 1. The van der Waals surface area contributed by atoms with E-state index in [1.807, 2.05) is 19.9 Å². The van der Waals surface area contributed by atoms with Crippen LogP contribution in [0.25, 0.3) is 0 Å². The second-order valence-electron chi connectivity index (χ2n) is 7.56. The summed E-state index contributed by atoms with van der Waals surface area (Å²) in [5.74, 6) is 3.01. The Labute approximate surface area is 182 Å². The van der Waals surface area contributed by atoms with Crippen molar-refractivity contribution in [2.45, 2.75) is 34.1 Å². The van der Waals surface area contributed by atoms with Crippen molar-refractivity contribution in [1.82, 2.24) is 15.5 Å². The maximum Gasteiger partial charge on any atom is 0.191 e. The summed E-state index contributed by atoms with van der Waals surface area (Å²) in [6, 6.07) is 6.17. The van der Waals surface area contributed by atoms with Crippen molar-refractivity contribution in [2.75, 3.05) is 65.7 Å². The van der Waals surface area contributed by atoms with Crippen molar-refractivity contribution in [1.29, 1.82) is 0 Å². The van der Waals surface area contributed by atoms with Gasteiger partial charge in [-0.1, -0.05) is 13.0 Å². The summed E-state index contributed by atoms with van der Waals surface area (Å²) >= 11 is 0. The van der Waals surface area contributed by atoms with Crippen LogP contribution in [0, 0.1) is 5.92 Å². The predicted octanol–water partition coefficient (Wildman–Crippen LogP) is 2.55. The highest BCUT2D eigenvalue weighted by molar-refractivity contribution is 5.79. The lowest BCUT2D eigenvalue weighted by atomic mass is 10.1. The fourth-order valence-electron chi connectivity index (χ4n) is 3.45. The molecule has 0 bridgehead atoms. The molecular formula is C23H40N4O3. The summed E-state index contributed by atoms with van der Waals surface area (Å²) in [6.07, 6.45) is 0.889. The van der Waals surface area contributed by atoms with E-state index in [4.69, 9.17) is 19.2 Å². The van der Waals surface area contributed by atoms with E-state index >= 15 is 0 Å². The highest BCUT2D eigenvalue weighted by Gasteiger charge is 2.13. The van der Waals surface area contributed by atoms with Crippen LogP contribution < -0.4 is 20.1 Å². The minimum absolute atomic E-state index is 0.512. The lowest BCUT2D eigenvalue weighted by molar-refractivity contribution is 0.0323. The van der Waals surface area contributed by atoms with Gasteiger partial charge >= 0.3 is 0 Å². The molecule has 1 unspecified atom stereocenters. The summed E-state index contributed by atoms with van der Waals surface area (Å²) in [6.45, 7) is 16.9. The minimum atomic E-state index is 0.512. The average molecular weight is 421 g/mol. The van der Waals surface area contributed by atoms with Crippen molar-refractivity contribution in [2.24, 2.45) is 10.9 Å². The Bertz CT molecular complexity index is 633. The van der Waals surface area contributed by atoms with Gasteiger partial charge in [0.25, 0.3) is 0 Å². The number of hydrogen-bond donors (Lipinski definition) is 2. The van der Waals surface area contributed by atoms with Crippen LogP contribution in [-0.4, -0.2) is 76.6 Å². The molecular weight excluding hydrogens is 380 g/mol. The monoisotopic (exact) mass is 420 g/mol. The number of hydrogen-bond acceptors (Lipinski definition) is 5.